The van der Waals surface area contributed by atoms with Gasteiger partial charge in [0, 0.05) is 0 Å². The van der Waals surface area contributed by atoms with Crippen molar-refractivity contribution < 1.29 is 20.1 Å². The van der Waals surface area contributed by atoms with Crippen LogP contribution in [0.15, 0.2) is 12.2 Å². The lowest BCUT2D eigenvalue weighted by molar-refractivity contribution is -0.124. The predicted octanol–water partition coefficient (Wildman–Crippen LogP) is 10.5. The average molecular weight is 624 g/mol. The van der Waals surface area contributed by atoms with E-state index in [-0.39, 0.29) is 18.9 Å². The van der Waals surface area contributed by atoms with Gasteiger partial charge in [-0.05, 0) is 19.3 Å². The maximum absolute atomic E-state index is 12.4. The fourth-order valence-corrected chi connectivity index (χ4v) is 6.05. The van der Waals surface area contributed by atoms with E-state index in [1.165, 1.54) is 154 Å². The fraction of sp³-hybridized carbons (Fsp3) is 0.923. The minimum Gasteiger partial charge on any atom is -0.394 e. The molecule has 0 saturated heterocycles. The van der Waals surface area contributed by atoms with Crippen LogP contribution in [0.2, 0.25) is 0 Å². The number of allylic oxidation sites excluding steroid dienone is 1. The zero-order valence-corrected chi connectivity index (χ0v) is 29.6. The Morgan fingerprint density at radius 2 is 0.932 bits per heavy atom. The van der Waals surface area contributed by atoms with Gasteiger partial charge in [0.1, 0.15) is 0 Å². The van der Waals surface area contributed by atoms with Gasteiger partial charge in [-0.25, -0.2) is 0 Å². The van der Waals surface area contributed by atoms with Crippen LogP contribution in [0.4, 0.5) is 0 Å². The molecule has 4 N–H and O–H groups in total. The summed E-state index contributed by atoms with van der Waals surface area (Å²) < 4.78 is 0. The molecule has 0 bridgehead atoms. The third kappa shape index (κ3) is 31.1. The molecule has 5 nitrogen and oxygen atoms in total. The number of carbonyl (C=O) groups is 1. The van der Waals surface area contributed by atoms with Gasteiger partial charge < -0.3 is 20.6 Å². The van der Waals surface area contributed by atoms with Crippen molar-refractivity contribution in [2.75, 3.05) is 6.61 Å². The number of nitrogens with one attached hydrogen (secondary N) is 1. The lowest BCUT2D eigenvalue weighted by Crippen LogP contribution is -2.45. The Morgan fingerprint density at radius 3 is 1.32 bits per heavy atom. The normalized spacial score (nSPS) is 13.8. The number of aliphatic hydroxyl groups is 3. The van der Waals surface area contributed by atoms with Gasteiger partial charge >= 0.3 is 0 Å². The highest BCUT2D eigenvalue weighted by molar-refractivity contribution is 5.76. The molecule has 0 aromatic rings. The van der Waals surface area contributed by atoms with Gasteiger partial charge in [-0.2, -0.15) is 0 Å². The molecule has 0 aromatic carbocycles. The maximum Gasteiger partial charge on any atom is 0.222 e. The number of hydrogen-bond donors (Lipinski definition) is 4. The first-order valence-corrected chi connectivity index (χ1v) is 19.5. The average Bonchev–Trinajstić information content (AvgIpc) is 3.01. The summed E-state index contributed by atoms with van der Waals surface area (Å²) in [6.45, 7) is 4.20. The van der Waals surface area contributed by atoms with E-state index in [2.05, 4.69) is 19.2 Å². The summed E-state index contributed by atoms with van der Waals surface area (Å²) in [6, 6.07) is -0.737. The van der Waals surface area contributed by atoms with E-state index < -0.39 is 18.2 Å². The minimum atomic E-state index is -0.922. The van der Waals surface area contributed by atoms with Crippen LogP contribution in [0, 0.1) is 0 Å². The molecular weight excluding hydrogens is 546 g/mol. The summed E-state index contributed by atoms with van der Waals surface area (Å²) in [7, 11) is 0. The predicted molar refractivity (Wildman–Crippen MR) is 190 cm³/mol. The second kappa shape index (κ2) is 35.0. The lowest BCUT2D eigenvalue weighted by atomic mass is 10.0. The first kappa shape index (κ1) is 43.1. The molecular formula is C39H77NO4. The van der Waals surface area contributed by atoms with Crippen molar-refractivity contribution in [3.8, 4) is 0 Å². The zero-order chi connectivity index (χ0) is 32.4. The summed E-state index contributed by atoms with van der Waals surface area (Å²) in [6.07, 6.45) is 39.1. The Morgan fingerprint density at radius 1 is 0.568 bits per heavy atom. The van der Waals surface area contributed by atoms with Crippen molar-refractivity contribution in [3.05, 3.63) is 12.2 Å². The van der Waals surface area contributed by atoms with Crippen LogP contribution in [0.25, 0.3) is 0 Å². The van der Waals surface area contributed by atoms with Crippen molar-refractivity contribution in [2.45, 2.75) is 225 Å². The largest absolute Gasteiger partial charge is 0.394 e. The van der Waals surface area contributed by atoms with Crippen LogP contribution in [-0.2, 0) is 4.79 Å². The molecule has 3 atom stereocenters. The summed E-state index contributed by atoms with van der Waals surface area (Å²) in [5.74, 6) is -0.315. The molecule has 44 heavy (non-hydrogen) atoms. The second-order valence-electron chi connectivity index (χ2n) is 13.5. The van der Waals surface area contributed by atoms with E-state index in [1.54, 1.807) is 6.08 Å². The van der Waals surface area contributed by atoms with Gasteiger partial charge in [0.2, 0.25) is 5.91 Å². The maximum atomic E-state index is 12.4. The van der Waals surface area contributed by atoms with Gasteiger partial charge in [0.25, 0.3) is 0 Å². The molecule has 0 saturated carbocycles. The molecule has 0 fully saturated rings. The third-order valence-electron chi connectivity index (χ3n) is 9.07. The van der Waals surface area contributed by atoms with Gasteiger partial charge in [-0.3, -0.25) is 4.79 Å². The Bertz CT molecular complexity index is 611. The molecule has 0 rings (SSSR count). The van der Waals surface area contributed by atoms with Crippen LogP contribution in [0.5, 0.6) is 0 Å². The van der Waals surface area contributed by atoms with E-state index in [0.717, 1.165) is 25.7 Å². The van der Waals surface area contributed by atoms with Crippen molar-refractivity contribution >= 4 is 5.91 Å². The van der Waals surface area contributed by atoms with Crippen molar-refractivity contribution in [1.29, 1.82) is 0 Å². The Hall–Kier alpha value is -0.910. The number of aliphatic hydroxyl groups excluding tert-OH is 3. The van der Waals surface area contributed by atoms with Crippen LogP contribution >= 0.6 is 0 Å². The van der Waals surface area contributed by atoms with Crippen LogP contribution in [-0.4, -0.2) is 46.1 Å². The Labute approximate surface area is 274 Å². The van der Waals surface area contributed by atoms with Gasteiger partial charge in [-0.15, -0.1) is 0 Å². The SMILES string of the molecule is CCCCCCCCCCCCCCCCCC/C=C/C(O)C(CO)NC(=O)CC(O)CCCCCCCCCCCCC. The zero-order valence-electron chi connectivity index (χ0n) is 29.6. The van der Waals surface area contributed by atoms with E-state index in [4.69, 9.17) is 0 Å². The summed E-state index contributed by atoms with van der Waals surface area (Å²) in [5.41, 5.74) is 0. The summed E-state index contributed by atoms with van der Waals surface area (Å²) in [5, 5.41) is 33.1. The Balaban J connectivity index is 3.68. The highest BCUT2D eigenvalue weighted by Crippen LogP contribution is 2.15. The lowest BCUT2D eigenvalue weighted by Gasteiger charge is -2.21. The molecule has 3 unspecified atom stereocenters. The minimum absolute atomic E-state index is 0.0177. The molecule has 262 valence electrons. The van der Waals surface area contributed by atoms with E-state index in [0.29, 0.717) is 6.42 Å². The number of carbonyl (C=O) groups excluding carboxylic acids is 1. The first-order valence-electron chi connectivity index (χ1n) is 19.5. The number of amides is 1. The molecule has 5 heteroatoms. The van der Waals surface area contributed by atoms with Crippen LogP contribution < -0.4 is 5.32 Å². The highest BCUT2D eigenvalue weighted by atomic mass is 16.3. The first-order chi connectivity index (χ1) is 21.5. The van der Waals surface area contributed by atoms with E-state index in [9.17, 15) is 20.1 Å². The van der Waals surface area contributed by atoms with E-state index >= 15 is 0 Å². The summed E-state index contributed by atoms with van der Waals surface area (Å²) >= 11 is 0. The number of rotatable bonds is 35. The summed E-state index contributed by atoms with van der Waals surface area (Å²) in [4.78, 5) is 12.4. The smallest absolute Gasteiger partial charge is 0.222 e. The molecule has 0 spiro atoms. The third-order valence-corrected chi connectivity index (χ3v) is 9.07. The molecule has 0 aliphatic carbocycles. The van der Waals surface area contributed by atoms with E-state index in [1.807, 2.05) is 6.08 Å². The monoisotopic (exact) mass is 624 g/mol. The van der Waals surface area contributed by atoms with Gasteiger partial charge in [0.05, 0.1) is 31.3 Å². The quantitative estimate of drug-likeness (QED) is 0.0418. The Kier molecular flexibility index (Phi) is 34.2. The van der Waals surface area contributed by atoms with Crippen LogP contribution in [0.1, 0.15) is 206 Å². The van der Waals surface area contributed by atoms with Crippen LogP contribution in [0.3, 0.4) is 0 Å². The standard InChI is InChI=1S/C39H77NO4/c1-3-5-7-9-11-13-15-16-17-18-19-20-21-23-25-27-29-31-33-38(43)37(35-41)40-39(44)34-36(42)32-30-28-26-24-22-14-12-10-8-6-4-2/h31,33,36-38,41-43H,3-30,32,34-35H2,1-2H3,(H,40,44)/b33-31+. The topological polar surface area (TPSA) is 89.8 Å². The van der Waals surface area contributed by atoms with Crippen molar-refractivity contribution in [3.63, 3.8) is 0 Å². The molecule has 0 radical (unpaired) electrons. The second-order valence-corrected chi connectivity index (χ2v) is 13.5. The fourth-order valence-electron chi connectivity index (χ4n) is 6.05. The number of unbranched alkanes of at least 4 members (excludes halogenated alkanes) is 26. The highest BCUT2D eigenvalue weighted by Gasteiger charge is 2.20. The van der Waals surface area contributed by atoms with Crippen molar-refractivity contribution in [1.82, 2.24) is 5.32 Å². The molecule has 0 aliphatic rings. The van der Waals surface area contributed by atoms with Crippen molar-refractivity contribution in [2.24, 2.45) is 0 Å². The molecule has 1 amide bonds. The van der Waals surface area contributed by atoms with Gasteiger partial charge in [-0.1, -0.05) is 193 Å². The molecule has 0 heterocycles. The number of hydrogen-bond acceptors (Lipinski definition) is 4. The molecule has 0 aliphatic heterocycles. The van der Waals surface area contributed by atoms with Gasteiger partial charge in [0.15, 0.2) is 0 Å². The molecule has 0 aromatic heterocycles.